The highest BCUT2D eigenvalue weighted by Gasteiger charge is 2.35. The maximum atomic E-state index is 12.5. The third-order valence-electron chi connectivity index (χ3n) is 3.83. The van der Waals surface area contributed by atoms with E-state index in [9.17, 15) is 9.59 Å². The zero-order valence-corrected chi connectivity index (χ0v) is 13.6. The van der Waals surface area contributed by atoms with Gasteiger partial charge < -0.3 is 26.4 Å². The molecule has 0 bridgehead atoms. The number of hydrogen-bond donors (Lipinski definition) is 3. The Bertz CT molecular complexity index is 352. The van der Waals surface area contributed by atoms with Crippen LogP contribution in [0.15, 0.2) is 0 Å². The fraction of sp³-hybridized carbons (Fsp3) is 0.867. The predicted molar refractivity (Wildman–Crippen MR) is 85.1 cm³/mol. The average Bonchev–Trinajstić information content (AvgIpc) is 2.54. The molecule has 0 saturated carbocycles. The highest BCUT2D eigenvalue weighted by molar-refractivity contribution is 5.87. The van der Waals surface area contributed by atoms with E-state index in [0.29, 0.717) is 39.2 Å². The Morgan fingerprint density at radius 1 is 1.36 bits per heavy atom. The van der Waals surface area contributed by atoms with E-state index in [4.69, 9.17) is 16.2 Å². The fourth-order valence-electron chi connectivity index (χ4n) is 2.44. The van der Waals surface area contributed by atoms with Gasteiger partial charge in [-0.2, -0.15) is 0 Å². The summed E-state index contributed by atoms with van der Waals surface area (Å²) in [5.41, 5.74) is 11.4. The van der Waals surface area contributed by atoms with Crippen molar-refractivity contribution in [2.75, 3.05) is 32.8 Å². The summed E-state index contributed by atoms with van der Waals surface area (Å²) in [7, 11) is 0. The van der Waals surface area contributed by atoms with Gasteiger partial charge in [-0.3, -0.25) is 4.79 Å². The maximum absolute atomic E-state index is 12.5. The second-order valence-electron chi connectivity index (χ2n) is 5.66. The first kappa shape index (κ1) is 18.9. The van der Waals surface area contributed by atoms with Crippen LogP contribution in [0.4, 0.5) is 0 Å². The zero-order valence-electron chi connectivity index (χ0n) is 13.6. The van der Waals surface area contributed by atoms with Crippen LogP contribution in [-0.2, 0) is 14.3 Å². The molecular formula is C15H30N4O3. The third kappa shape index (κ3) is 5.90. The molecule has 1 fully saturated rings. The molecule has 0 spiro atoms. The van der Waals surface area contributed by atoms with Crippen LogP contribution in [0.2, 0.25) is 0 Å². The number of ether oxygens (including phenoxy) is 1. The molecule has 1 amide bonds. The van der Waals surface area contributed by atoms with E-state index >= 15 is 0 Å². The van der Waals surface area contributed by atoms with Crippen LogP contribution in [0, 0.1) is 0 Å². The van der Waals surface area contributed by atoms with Crippen LogP contribution in [-0.4, -0.2) is 61.6 Å². The minimum Gasteiger partial charge on any atom is -0.464 e. The van der Waals surface area contributed by atoms with Crippen LogP contribution in [0.3, 0.4) is 0 Å². The smallest absolute Gasteiger partial charge is 0.330 e. The van der Waals surface area contributed by atoms with Crippen LogP contribution in [0.5, 0.6) is 0 Å². The molecule has 2 atom stereocenters. The summed E-state index contributed by atoms with van der Waals surface area (Å²) >= 11 is 0. The van der Waals surface area contributed by atoms with Gasteiger partial charge in [-0.15, -0.1) is 0 Å². The zero-order chi connectivity index (χ0) is 16.4. The van der Waals surface area contributed by atoms with Crippen molar-refractivity contribution >= 4 is 11.9 Å². The molecule has 1 saturated heterocycles. The van der Waals surface area contributed by atoms with Gasteiger partial charge >= 0.3 is 5.97 Å². The summed E-state index contributed by atoms with van der Waals surface area (Å²) in [4.78, 5) is 26.2. The summed E-state index contributed by atoms with van der Waals surface area (Å²) in [6.07, 6.45) is 4.06. The Morgan fingerprint density at radius 3 is 2.82 bits per heavy atom. The summed E-state index contributed by atoms with van der Waals surface area (Å²) in [6, 6.07) is -1.14. The minimum atomic E-state index is -0.574. The van der Waals surface area contributed by atoms with E-state index in [1.807, 2.05) is 6.92 Å². The third-order valence-corrected chi connectivity index (χ3v) is 3.83. The number of rotatable bonds is 9. The molecule has 5 N–H and O–H groups in total. The molecule has 0 aromatic rings. The van der Waals surface area contributed by atoms with Crippen molar-refractivity contribution in [3.05, 3.63) is 0 Å². The van der Waals surface area contributed by atoms with E-state index in [-0.39, 0.29) is 11.9 Å². The van der Waals surface area contributed by atoms with Gasteiger partial charge in [0, 0.05) is 19.6 Å². The Kier molecular flexibility index (Phi) is 9.03. The highest BCUT2D eigenvalue weighted by atomic mass is 16.5. The number of unbranched alkanes of at least 4 members (excludes halogenated alkanes) is 2. The monoisotopic (exact) mass is 314 g/mol. The lowest BCUT2D eigenvalue weighted by molar-refractivity contribution is -0.156. The van der Waals surface area contributed by atoms with E-state index in [0.717, 1.165) is 25.7 Å². The van der Waals surface area contributed by atoms with E-state index in [1.165, 1.54) is 0 Å². The van der Waals surface area contributed by atoms with Gasteiger partial charge in [0.1, 0.15) is 6.04 Å². The molecule has 0 aliphatic carbocycles. The summed E-state index contributed by atoms with van der Waals surface area (Å²) in [5, 5.41) is 3.13. The number of nitrogens with zero attached hydrogens (tertiary/aromatic N) is 1. The first-order valence-corrected chi connectivity index (χ1v) is 8.25. The Hall–Kier alpha value is -1.18. The molecule has 1 rings (SSSR count). The number of nitrogens with one attached hydrogen (secondary N) is 1. The quantitative estimate of drug-likeness (QED) is 0.394. The molecule has 1 heterocycles. The van der Waals surface area contributed by atoms with E-state index in [1.54, 1.807) is 4.90 Å². The number of nitrogens with two attached hydrogens (primary N) is 2. The average molecular weight is 314 g/mol. The Labute approximate surface area is 132 Å². The standard InChI is InChI=1S/C15H30N4O3/c1-2-3-10-22-15(21)13-11-18-8-9-19(13)14(20)12(17)6-4-5-7-16/h12-13,18H,2-11,16-17H2,1H3/t12-,13?/m0/s1. The topological polar surface area (TPSA) is 111 Å². The van der Waals surface area contributed by atoms with Gasteiger partial charge in [0.15, 0.2) is 0 Å². The van der Waals surface area contributed by atoms with Gasteiger partial charge in [-0.25, -0.2) is 4.79 Å². The lowest BCUT2D eigenvalue weighted by atomic mass is 10.1. The number of hydrogen-bond acceptors (Lipinski definition) is 6. The second kappa shape index (κ2) is 10.5. The fourth-order valence-corrected chi connectivity index (χ4v) is 2.44. The van der Waals surface area contributed by atoms with Crippen molar-refractivity contribution in [1.82, 2.24) is 10.2 Å². The largest absolute Gasteiger partial charge is 0.464 e. The number of amides is 1. The van der Waals surface area contributed by atoms with Crippen molar-refractivity contribution in [3.8, 4) is 0 Å². The molecule has 0 aromatic carbocycles. The molecule has 128 valence electrons. The first-order valence-electron chi connectivity index (χ1n) is 8.25. The summed E-state index contributed by atoms with van der Waals surface area (Å²) in [5.74, 6) is -0.515. The van der Waals surface area contributed by atoms with Crippen LogP contribution < -0.4 is 16.8 Å². The van der Waals surface area contributed by atoms with Crippen molar-refractivity contribution < 1.29 is 14.3 Å². The Balaban J connectivity index is 2.55. The van der Waals surface area contributed by atoms with E-state index < -0.39 is 12.1 Å². The number of carbonyl (C=O) groups excluding carboxylic acids is 2. The molecule has 1 aliphatic heterocycles. The predicted octanol–water partition coefficient (Wildman–Crippen LogP) is -0.414. The van der Waals surface area contributed by atoms with Crippen LogP contribution in [0.25, 0.3) is 0 Å². The van der Waals surface area contributed by atoms with E-state index in [2.05, 4.69) is 5.32 Å². The molecule has 7 heteroatoms. The van der Waals surface area contributed by atoms with Gasteiger partial charge in [-0.1, -0.05) is 19.8 Å². The normalized spacial score (nSPS) is 19.8. The molecule has 1 unspecified atom stereocenters. The van der Waals surface area contributed by atoms with Gasteiger partial charge in [0.2, 0.25) is 5.91 Å². The number of carbonyl (C=O) groups is 2. The van der Waals surface area contributed by atoms with Crippen molar-refractivity contribution in [1.29, 1.82) is 0 Å². The van der Waals surface area contributed by atoms with Crippen molar-refractivity contribution in [2.45, 2.75) is 51.1 Å². The molecule has 7 nitrogen and oxygen atoms in total. The molecular weight excluding hydrogens is 284 g/mol. The Morgan fingerprint density at radius 2 is 2.14 bits per heavy atom. The van der Waals surface area contributed by atoms with Crippen molar-refractivity contribution in [2.24, 2.45) is 11.5 Å². The first-order chi connectivity index (χ1) is 10.6. The highest BCUT2D eigenvalue weighted by Crippen LogP contribution is 2.10. The second-order valence-corrected chi connectivity index (χ2v) is 5.66. The lowest BCUT2D eigenvalue weighted by Crippen LogP contribution is -2.60. The molecule has 0 radical (unpaired) electrons. The molecule has 0 aromatic heterocycles. The maximum Gasteiger partial charge on any atom is 0.330 e. The summed E-state index contributed by atoms with van der Waals surface area (Å²) in [6.45, 7) is 4.60. The van der Waals surface area contributed by atoms with Crippen LogP contribution in [0.1, 0.15) is 39.0 Å². The molecule has 22 heavy (non-hydrogen) atoms. The lowest BCUT2D eigenvalue weighted by Gasteiger charge is -2.36. The van der Waals surface area contributed by atoms with Gasteiger partial charge in [0.05, 0.1) is 12.6 Å². The number of esters is 1. The summed E-state index contributed by atoms with van der Waals surface area (Å²) < 4.78 is 5.25. The minimum absolute atomic E-state index is 0.170. The van der Waals surface area contributed by atoms with Crippen molar-refractivity contribution in [3.63, 3.8) is 0 Å². The SMILES string of the molecule is CCCCOC(=O)C1CNCCN1C(=O)[C@@H](N)CCCCN. The number of piperazine rings is 1. The van der Waals surface area contributed by atoms with Crippen LogP contribution >= 0.6 is 0 Å². The van der Waals surface area contributed by atoms with Gasteiger partial charge in [-0.05, 0) is 25.8 Å². The van der Waals surface area contributed by atoms with Gasteiger partial charge in [0.25, 0.3) is 0 Å². The molecule has 1 aliphatic rings.